The number of esters is 1. The average molecular weight is 240 g/mol. The van der Waals surface area contributed by atoms with Gasteiger partial charge in [0.25, 0.3) is 0 Å². The maximum absolute atomic E-state index is 11.0. The molecule has 3 heteroatoms. The van der Waals surface area contributed by atoms with Crippen LogP contribution in [0.1, 0.15) is 39.5 Å². The van der Waals surface area contributed by atoms with Gasteiger partial charge in [0.1, 0.15) is 0 Å². The monoisotopic (exact) mass is 240 g/mol. The van der Waals surface area contributed by atoms with Crippen LogP contribution in [0.4, 0.5) is 0 Å². The van der Waals surface area contributed by atoms with Gasteiger partial charge >= 0.3 is 5.97 Å². The Morgan fingerprint density at radius 2 is 2.29 bits per heavy atom. The highest BCUT2D eigenvalue weighted by atomic mass is 16.5. The van der Waals surface area contributed by atoms with E-state index in [1.807, 2.05) is 0 Å². The second-order valence-corrected chi connectivity index (χ2v) is 5.12. The summed E-state index contributed by atoms with van der Waals surface area (Å²) in [7, 11) is 0. The number of aliphatic hydroxyl groups is 1. The number of carbonyl (C=O) groups excluding carboxylic acids is 1. The standard InChI is InChI=1S/C14H24O3/c1-4-10(3)11-6-7-12(13(15)8-11)9-17-14(16)5-2/h5,10-13,15H,2,4,6-9H2,1,3H3. The van der Waals surface area contributed by atoms with Crippen LogP contribution < -0.4 is 0 Å². The molecule has 0 amide bonds. The molecule has 1 fully saturated rings. The van der Waals surface area contributed by atoms with Crippen molar-refractivity contribution < 1.29 is 14.6 Å². The van der Waals surface area contributed by atoms with Crippen LogP contribution in [-0.4, -0.2) is 23.8 Å². The Morgan fingerprint density at radius 3 is 2.82 bits per heavy atom. The Balaban J connectivity index is 2.37. The number of aliphatic hydroxyl groups excluding tert-OH is 1. The fourth-order valence-corrected chi connectivity index (χ4v) is 2.53. The van der Waals surface area contributed by atoms with E-state index in [1.54, 1.807) is 0 Å². The van der Waals surface area contributed by atoms with Crippen molar-refractivity contribution in [2.24, 2.45) is 17.8 Å². The molecule has 17 heavy (non-hydrogen) atoms. The fourth-order valence-electron chi connectivity index (χ4n) is 2.53. The van der Waals surface area contributed by atoms with E-state index in [4.69, 9.17) is 4.74 Å². The lowest BCUT2D eigenvalue weighted by Crippen LogP contribution is -2.34. The smallest absolute Gasteiger partial charge is 0.330 e. The molecule has 1 N–H and O–H groups in total. The Bertz CT molecular complexity index is 262. The quantitative estimate of drug-likeness (QED) is 0.593. The predicted octanol–water partition coefficient (Wildman–Crippen LogP) is 2.54. The zero-order valence-electron chi connectivity index (χ0n) is 10.9. The summed E-state index contributed by atoms with van der Waals surface area (Å²) >= 11 is 0. The summed E-state index contributed by atoms with van der Waals surface area (Å²) in [5.41, 5.74) is 0. The Morgan fingerprint density at radius 1 is 1.59 bits per heavy atom. The minimum atomic E-state index is -0.402. The molecule has 4 atom stereocenters. The van der Waals surface area contributed by atoms with Crippen molar-refractivity contribution in [3.63, 3.8) is 0 Å². The molecule has 1 aliphatic carbocycles. The van der Waals surface area contributed by atoms with Gasteiger partial charge in [-0.2, -0.15) is 0 Å². The largest absolute Gasteiger partial charge is 0.462 e. The van der Waals surface area contributed by atoms with E-state index in [0.29, 0.717) is 18.4 Å². The number of ether oxygens (including phenoxy) is 1. The van der Waals surface area contributed by atoms with Gasteiger partial charge in [-0.1, -0.05) is 26.8 Å². The Kier molecular flexibility index (Phi) is 5.69. The first-order chi connectivity index (χ1) is 8.08. The molecule has 0 aromatic carbocycles. The van der Waals surface area contributed by atoms with Crippen molar-refractivity contribution >= 4 is 5.97 Å². The molecule has 1 aliphatic rings. The van der Waals surface area contributed by atoms with E-state index in [-0.39, 0.29) is 12.0 Å². The minimum Gasteiger partial charge on any atom is -0.462 e. The van der Waals surface area contributed by atoms with Crippen molar-refractivity contribution in [2.45, 2.75) is 45.6 Å². The number of rotatable bonds is 5. The van der Waals surface area contributed by atoms with Gasteiger partial charge in [-0.15, -0.1) is 0 Å². The lowest BCUT2D eigenvalue weighted by Gasteiger charge is -2.35. The van der Waals surface area contributed by atoms with Crippen LogP contribution in [-0.2, 0) is 9.53 Å². The van der Waals surface area contributed by atoms with E-state index in [1.165, 1.54) is 0 Å². The lowest BCUT2D eigenvalue weighted by atomic mass is 9.74. The topological polar surface area (TPSA) is 46.5 Å². The van der Waals surface area contributed by atoms with Crippen molar-refractivity contribution in [1.82, 2.24) is 0 Å². The minimum absolute atomic E-state index is 0.0965. The molecule has 0 spiro atoms. The first-order valence-electron chi connectivity index (χ1n) is 6.55. The van der Waals surface area contributed by atoms with Crippen LogP contribution in [0.5, 0.6) is 0 Å². The summed E-state index contributed by atoms with van der Waals surface area (Å²) in [4.78, 5) is 11.0. The van der Waals surface area contributed by atoms with Gasteiger partial charge < -0.3 is 9.84 Å². The van der Waals surface area contributed by atoms with Gasteiger partial charge in [-0.25, -0.2) is 4.79 Å². The molecule has 0 aromatic rings. The van der Waals surface area contributed by atoms with Crippen LogP contribution in [0.2, 0.25) is 0 Å². The SMILES string of the molecule is C=CC(=O)OCC1CCC(C(C)CC)CC1O. The van der Waals surface area contributed by atoms with Crippen molar-refractivity contribution in [1.29, 1.82) is 0 Å². The number of hydrogen-bond acceptors (Lipinski definition) is 3. The van der Waals surface area contributed by atoms with Crippen molar-refractivity contribution in [3.05, 3.63) is 12.7 Å². The van der Waals surface area contributed by atoms with Crippen LogP contribution in [0.15, 0.2) is 12.7 Å². The van der Waals surface area contributed by atoms with E-state index < -0.39 is 5.97 Å². The third-order valence-corrected chi connectivity index (χ3v) is 4.05. The molecule has 0 aliphatic heterocycles. The molecular formula is C14H24O3. The number of hydrogen-bond donors (Lipinski definition) is 1. The molecule has 4 unspecified atom stereocenters. The summed E-state index contributed by atoms with van der Waals surface area (Å²) < 4.78 is 5.01. The van der Waals surface area contributed by atoms with Gasteiger partial charge in [0, 0.05) is 12.0 Å². The van der Waals surface area contributed by atoms with Crippen molar-refractivity contribution in [2.75, 3.05) is 6.61 Å². The van der Waals surface area contributed by atoms with Crippen LogP contribution >= 0.6 is 0 Å². The Labute approximate surface area is 104 Å². The predicted molar refractivity (Wildman–Crippen MR) is 67.4 cm³/mol. The van der Waals surface area contributed by atoms with Gasteiger partial charge in [-0.05, 0) is 31.1 Å². The molecule has 3 nitrogen and oxygen atoms in total. The highest BCUT2D eigenvalue weighted by molar-refractivity contribution is 5.81. The van der Waals surface area contributed by atoms with Gasteiger partial charge in [-0.3, -0.25) is 0 Å². The fraction of sp³-hybridized carbons (Fsp3) is 0.786. The summed E-state index contributed by atoms with van der Waals surface area (Å²) in [5.74, 6) is 0.975. The Hall–Kier alpha value is -0.830. The summed E-state index contributed by atoms with van der Waals surface area (Å²) in [6, 6.07) is 0. The molecule has 1 saturated carbocycles. The normalized spacial score (nSPS) is 30.6. The maximum atomic E-state index is 11.0. The molecular weight excluding hydrogens is 216 g/mol. The molecule has 0 heterocycles. The van der Waals surface area contributed by atoms with E-state index in [9.17, 15) is 9.90 Å². The second-order valence-electron chi connectivity index (χ2n) is 5.12. The van der Waals surface area contributed by atoms with Gasteiger partial charge in [0.05, 0.1) is 12.7 Å². The third kappa shape index (κ3) is 4.15. The van der Waals surface area contributed by atoms with E-state index >= 15 is 0 Å². The zero-order chi connectivity index (χ0) is 12.8. The molecule has 1 rings (SSSR count). The van der Waals surface area contributed by atoms with Crippen LogP contribution in [0.3, 0.4) is 0 Å². The second kappa shape index (κ2) is 6.80. The average Bonchev–Trinajstić information content (AvgIpc) is 2.35. The molecule has 0 radical (unpaired) electrons. The zero-order valence-corrected chi connectivity index (χ0v) is 10.9. The molecule has 0 bridgehead atoms. The summed E-state index contributed by atoms with van der Waals surface area (Å²) in [6.07, 6.45) is 4.90. The lowest BCUT2D eigenvalue weighted by molar-refractivity contribution is -0.141. The molecule has 0 aromatic heterocycles. The van der Waals surface area contributed by atoms with E-state index in [0.717, 1.165) is 31.8 Å². The first-order valence-corrected chi connectivity index (χ1v) is 6.55. The summed E-state index contributed by atoms with van der Waals surface area (Å²) in [5, 5.41) is 10.1. The van der Waals surface area contributed by atoms with Crippen LogP contribution in [0, 0.1) is 17.8 Å². The van der Waals surface area contributed by atoms with Gasteiger partial charge in [0.15, 0.2) is 0 Å². The summed E-state index contributed by atoms with van der Waals surface area (Å²) in [6.45, 7) is 8.11. The maximum Gasteiger partial charge on any atom is 0.330 e. The van der Waals surface area contributed by atoms with Crippen molar-refractivity contribution in [3.8, 4) is 0 Å². The highest BCUT2D eigenvalue weighted by Crippen LogP contribution is 2.34. The molecule has 98 valence electrons. The highest BCUT2D eigenvalue weighted by Gasteiger charge is 2.31. The number of carbonyl (C=O) groups is 1. The first kappa shape index (κ1) is 14.2. The van der Waals surface area contributed by atoms with Crippen LogP contribution in [0.25, 0.3) is 0 Å². The molecule has 0 saturated heterocycles. The van der Waals surface area contributed by atoms with E-state index in [2.05, 4.69) is 20.4 Å². The van der Waals surface area contributed by atoms with Gasteiger partial charge in [0.2, 0.25) is 0 Å². The third-order valence-electron chi connectivity index (χ3n) is 4.05.